The molecule has 26 heavy (non-hydrogen) atoms. The van der Waals surface area contributed by atoms with Crippen LogP contribution in [0.25, 0.3) is 0 Å². The SMILES string of the molecule is C[C@@H](OC(=O)CNC(=O)c1ccc(Cl)cc1Cl)C(=O)Nc1ccccc1. The monoisotopic (exact) mass is 394 g/mol. The van der Waals surface area contributed by atoms with E-state index in [-0.39, 0.29) is 10.6 Å². The Morgan fingerprint density at radius 3 is 2.42 bits per heavy atom. The number of halogens is 2. The highest BCUT2D eigenvalue weighted by atomic mass is 35.5. The van der Waals surface area contributed by atoms with Gasteiger partial charge in [-0.3, -0.25) is 14.4 Å². The molecule has 6 nitrogen and oxygen atoms in total. The van der Waals surface area contributed by atoms with E-state index in [1.54, 1.807) is 24.3 Å². The van der Waals surface area contributed by atoms with Crippen LogP contribution in [0.3, 0.4) is 0 Å². The predicted molar refractivity (Wildman–Crippen MR) is 99.4 cm³/mol. The smallest absolute Gasteiger partial charge is 0.326 e. The molecule has 136 valence electrons. The summed E-state index contributed by atoms with van der Waals surface area (Å²) in [5.74, 6) is -1.78. The third-order valence-corrected chi connectivity index (χ3v) is 3.84. The molecule has 0 saturated heterocycles. The molecule has 2 aromatic carbocycles. The lowest BCUT2D eigenvalue weighted by Crippen LogP contribution is -2.35. The number of esters is 1. The van der Waals surface area contributed by atoms with Gasteiger partial charge in [0.25, 0.3) is 11.8 Å². The Kier molecular flexibility index (Phi) is 7.00. The number of ether oxygens (including phenoxy) is 1. The highest BCUT2D eigenvalue weighted by molar-refractivity contribution is 6.36. The molecule has 2 amide bonds. The van der Waals surface area contributed by atoms with E-state index in [0.29, 0.717) is 10.7 Å². The summed E-state index contributed by atoms with van der Waals surface area (Å²) < 4.78 is 5.00. The van der Waals surface area contributed by atoms with Crippen molar-refractivity contribution in [3.63, 3.8) is 0 Å². The van der Waals surface area contributed by atoms with Crippen molar-refractivity contribution >= 4 is 46.7 Å². The molecule has 8 heteroatoms. The number of hydrogen-bond donors (Lipinski definition) is 2. The van der Waals surface area contributed by atoms with Gasteiger partial charge in [0.15, 0.2) is 6.10 Å². The van der Waals surface area contributed by atoms with E-state index in [2.05, 4.69) is 10.6 Å². The third-order valence-electron chi connectivity index (χ3n) is 3.29. The number of carbonyl (C=O) groups excluding carboxylic acids is 3. The Bertz CT molecular complexity index is 812. The first-order valence-electron chi connectivity index (χ1n) is 7.65. The van der Waals surface area contributed by atoms with Gasteiger partial charge in [0, 0.05) is 10.7 Å². The van der Waals surface area contributed by atoms with Crippen molar-refractivity contribution in [3.8, 4) is 0 Å². The maximum absolute atomic E-state index is 12.0. The summed E-state index contributed by atoms with van der Waals surface area (Å²) in [6.07, 6.45) is -1.02. The zero-order chi connectivity index (χ0) is 19.1. The van der Waals surface area contributed by atoms with Crippen LogP contribution >= 0.6 is 23.2 Å². The van der Waals surface area contributed by atoms with Crippen LogP contribution < -0.4 is 10.6 Å². The summed E-state index contributed by atoms with van der Waals surface area (Å²) in [5, 5.41) is 5.56. The molecule has 2 rings (SSSR count). The number of rotatable bonds is 6. The first-order valence-corrected chi connectivity index (χ1v) is 8.41. The number of amides is 2. The fraction of sp³-hybridized carbons (Fsp3) is 0.167. The van der Waals surface area contributed by atoms with Crippen molar-refractivity contribution in [2.45, 2.75) is 13.0 Å². The Morgan fingerprint density at radius 1 is 1.08 bits per heavy atom. The van der Waals surface area contributed by atoms with Crippen LogP contribution in [0.15, 0.2) is 48.5 Å². The molecule has 0 spiro atoms. The zero-order valence-corrected chi connectivity index (χ0v) is 15.3. The van der Waals surface area contributed by atoms with Crippen LogP contribution in [0.4, 0.5) is 5.69 Å². The second-order valence-corrected chi connectivity index (χ2v) is 6.14. The molecule has 0 radical (unpaired) electrons. The predicted octanol–water partition coefficient (Wildman–Crippen LogP) is 3.29. The van der Waals surface area contributed by atoms with E-state index in [9.17, 15) is 14.4 Å². The first kappa shape index (κ1) is 19.8. The molecule has 0 bridgehead atoms. The lowest BCUT2D eigenvalue weighted by Gasteiger charge is -2.14. The molecule has 0 fully saturated rings. The van der Waals surface area contributed by atoms with Crippen molar-refractivity contribution < 1.29 is 19.1 Å². The van der Waals surface area contributed by atoms with Crippen LogP contribution in [0.2, 0.25) is 10.0 Å². The quantitative estimate of drug-likeness (QED) is 0.736. The van der Waals surface area contributed by atoms with E-state index in [0.717, 1.165) is 0 Å². The summed E-state index contributed by atoms with van der Waals surface area (Å²) in [5.41, 5.74) is 0.768. The molecule has 0 unspecified atom stereocenters. The molecular formula is C18H16Cl2N2O4. The van der Waals surface area contributed by atoms with Crippen molar-refractivity contribution in [1.82, 2.24) is 5.32 Å². The number of nitrogens with one attached hydrogen (secondary N) is 2. The highest BCUT2D eigenvalue weighted by Crippen LogP contribution is 2.20. The van der Waals surface area contributed by atoms with Gasteiger partial charge in [-0.15, -0.1) is 0 Å². The lowest BCUT2D eigenvalue weighted by atomic mass is 10.2. The van der Waals surface area contributed by atoms with Gasteiger partial charge in [-0.1, -0.05) is 41.4 Å². The summed E-state index contributed by atoms with van der Waals surface area (Å²) in [4.78, 5) is 35.8. The number of para-hydroxylation sites is 1. The molecule has 0 saturated carbocycles. The zero-order valence-electron chi connectivity index (χ0n) is 13.8. The topological polar surface area (TPSA) is 84.5 Å². The number of carbonyl (C=O) groups is 3. The fourth-order valence-electron chi connectivity index (χ4n) is 1.98. The molecule has 2 N–H and O–H groups in total. The van der Waals surface area contributed by atoms with Gasteiger partial charge in [0.1, 0.15) is 6.54 Å². The van der Waals surface area contributed by atoms with Crippen LogP contribution in [-0.2, 0) is 14.3 Å². The van der Waals surface area contributed by atoms with Crippen molar-refractivity contribution in [2.75, 3.05) is 11.9 Å². The van der Waals surface area contributed by atoms with Crippen LogP contribution in [0.5, 0.6) is 0 Å². The van der Waals surface area contributed by atoms with E-state index in [1.807, 2.05) is 6.07 Å². The molecule has 2 aromatic rings. The summed E-state index contributed by atoms with van der Waals surface area (Å²) >= 11 is 11.7. The molecular weight excluding hydrogens is 379 g/mol. The highest BCUT2D eigenvalue weighted by Gasteiger charge is 2.19. The molecule has 0 heterocycles. The van der Waals surface area contributed by atoms with E-state index < -0.39 is 30.4 Å². The van der Waals surface area contributed by atoms with E-state index >= 15 is 0 Å². The van der Waals surface area contributed by atoms with Gasteiger partial charge < -0.3 is 15.4 Å². The molecule has 0 aliphatic rings. The Balaban J connectivity index is 1.82. The van der Waals surface area contributed by atoms with Gasteiger partial charge >= 0.3 is 5.97 Å². The minimum Gasteiger partial charge on any atom is -0.451 e. The first-order chi connectivity index (χ1) is 12.4. The minimum absolute atomic E-state index is 0.166. The Morgan fingerprint density at radius 2 is 1.77 bits per heavy atom. The summed E-state index contributed by atoms with van der Waals surface area (Å²) in [6, 6.07) is 13.2. The Labute approximate surface area is 160 Å². The Hall–Kier alpha value is -2.57. The van der Waals surface area contributed by atoms with Gasteiger partial charge in [0.05, 0.1) is 10.6 Å². The second-order valence-electron chi connectivity index (χ2n) is 5.29. The van der Waals surface area contributed by atoms with Gasteiger partial charge in [-0.05, 0) is 37.3 Å². The molecule has 0 aromatic heterocycles. The summed E-state index contributed by atoms with van der Waals surface area (Å²) in [7, 11) is 0. The molecule has 0 aliphatic heterocycles. The average Bonchev–Trinajstić information content (AvgIpc) is 2.60. The van der Waals surface area contributed by atoms with Crippen LogP contribution in [-0.4, -0.2) is 30.4 Å². The normalized spacial score (nSPS) is 11.3. The number of hydrogen-bond acceptors (Lipinski definition) is 4. The van der Waals surface area contributed by atoms with E-state index in [1.165, 1.54) is 25.1 Å². The van der Waals surface area contributed by atoms with Crippen LogP contribution in [0, 0.1) is 0 Å². The lowest BCUT2D eigenvalue weighted by molar-refractivity contribution is -0.152. The summed E-state index contributed by atoms with van der Waals surface area (Å²) in [6.45, 7) is 1.04. The van der Waals surface area contributed by atoms with Crippen LogP contribution in [0.1, 0.15) is 17.3 Å². The molecule has 0 aliphatic carbocycles. The third kappa shape index (κ3) is 5.75. The molecule has 1 atom stereocenters. The average molecular weight is 395 g/mol. The number of anilines is 1. The fourth-order valence-corrected chi connectivity index (χ4v) is 2.47. The minimum atomic E-state index is -1.02. The maximum atomic E-state index is 12.0. The standard InChI is InChI=1S/C18H16Cl2N2O4/c1-11(17(24)22-13-5-3-2-4-6-13)26-16(23)10-21-18(25)14-8-7-12(19)9-15(14)20/h2-9,11H,10H2,1H3,(H,21,25)(H,22,24)/t11-/m1/s1. The van der Waals surface area contributed by atoms with Gasteiger partial charge in [-0.25, -0.2) is 0 Å². The maximum Gasteiger partial charge on any atom is 0.326 e. The van der Waals surface area contributed by atoms with Gasteiger partial charge in [0.2, 0.25) is 0 Å². The second kappa shape index (κ2) is 9.22. The largest absolute Gasteiger partial charge is 0.451 e. The van der Waals surface area contributed by atoms with Gasteiger partial charge in [-0.2, -0.15) is 0 Å². The number of benzene rings is 2. The van der Waals surface area contributed by atoms with Crippen molar-refractivity contribution in [1.29, 1.82) is 0 Å². The van der Waals surface area contributed by atoms with Crippen molar-refractivity contribution in [3.05, 3.63) is 64.1 Å². The van der Waals surface area contributed by atoms with E-state index in [4.69, 9.17) is 27.9 Å². The van der Waals surface area contributed by atoms with Crippen molar-refractivity contribution in [2.24, 2.45) is 0 Å².